The largest absolute Gasteiger partial charge is 0.359 e. The Morgan fingerprint density at radius 3 is 2.87 bits per heavy atom. The fourth-order valence-electron chi connectivity index (χ4n) is 5.30. The molecule has 0 unspecified atom stereocenters. The average molecular weight is 419 g/mol. The van der Waals surface area contributed by atoms with Crippen LogP contribution in [0.25, 0.3) is 0 Å². The van der Waals surface area contributed by atoms with Gasteiger partial charge in [-0.05, 0) is 43.2 Å². The molecule has 1 saturated carbocycles. The zero-order valence-electron chi connectivity index (χ0n) is 17.3. The first kappa shape index (κ1) is 18.6. The summed E-state index contributed by atoms with van der Waals surface area (Å²) in [7, 11) is 0. The number of aromatic nitrogens is 2. The van der Waals surface area contributed by atoms with Crippen LogP contribution in [-0.2, 0) is 11.3 Å². The van der Waals surface area contributed by atoms with Gasteiger partial charge >= 0.3 is 0 Å². The van der Waals surface area contributed by atoms with Crippen molar-refractivity contribution in [1.82, 2.24) is 14.5 Å². The van der Waals surface area contributed by atoms with E-state index in [9.17, 15) is 14.4 Å². The summed E-state index contributed by atoms with van der Waals surface area (Å²) in [5.41, 5.74) is 2.29. The van der Waals surface area contributed by atoms with Crippen molar-refractivity contribution in [3.05, 3.63) is 52.1 Å². The van der Waals surface area contributed by atoms with E-state index in [1.807, 2.05) is 21.6 Å². The molecule has 4 aliphatic rings. The molecule has 3 aliphatic heterocycles. The number of hydrogen-bond donors (Lipinski definition) is 1. The summed E-state index contributed by atoms with van der Waals surface area (Å²) in [6, 6.07) is 7.24. The number of anilines is 2. The predicted octanol–water partition coefficient (Wildman–Crippen LogP) is 1.67. The summed E-state index contributed by atoms with van der Waals surface area (Å²) in [6.07, 6.45) is 4.92. The van der Waals surface area contributed by atoms with E-state index in [-0.39, 0.29) is 35.8 Å². The van der Waals surface area contributed by atoms with Crippen LogP contribution in [0.5, 0.6) is 0 Å². The Morgan fingerprint density at radius 2 is 2.03 bits per heavy atom. The Labute approximate surface area is 179 Å². The second kappa shape index (κ2) is 6.93. The lowest BCUT2D eigenvalue weighted by molar-refractivity contribution is -0.117. The van der Waals surface area contributed by atoms with E-state index in [0.29, 0.717) is 49.2 Å². The Bertz CT molecular complexity index is 1140. The molecule has 2 bridgehead atoms. The molecule has 1 aliphatic carbocycles. The number of likely N-dealkylation sites (tertiary alicyclic amines) is 1. The van der Waals surface area contributed by atoms with E-state index in [4.69, 9.17) is 0 Å². The number of amides is 2. The molecular formula is C23H25N5O3. The van der Waals surface area contributed by atoms with Gasteiger partial charge in [0.25, 0.3) is 11.5 Å². The zero-order valence-corrected chi connectivity index (χ0v) is 17.3. The van der Waals surface area contributed by atoms with Gasteiger partial charge in [-0.15, -0.1) is 0 Å². The third kappa shape index (κ3) is 3.21. The van der Waals surface area contributed by atoms with Crippen molar-refractivity contribution < 1.29 is 9.59 Å². The molecule has 160 valence electrons. The van der Waals surface area contributed by atoms with Crippen LogP contribution in [0.4, 0.5) is 11.5 Å². The van der Waals surface area contributed by atoms with E-state index in [0.717, 1.165) is 25.0 Å². The Kier molecular flexibility index (Phi) is 4.16. The number of pyridine rings is 2. The summed E-state index contributed by atoms with van der Waals surface area (Å²) < 4.78 is 1.87. The van der Waals surface area contributed by atoms with Gasteiger partial charge in [-0.3, -0.25) is 14.4 Å². The fraction of sp³-hybridized carbons (Fsp3) is 0.478. The number of carbonyl (C=O) groups excluding carboxylic acids is 2. The Hall–Kier alpha value is -3.16. The molecule has 0 radical (unpaired) electrons. The Balaban J connectivity index is 1.28. The fourth-order valence-corrected chi connectivity index (χ4v) is 5.30. The van der Waals surface area contributed by atoms with Gasteiger partial charge in [0.05, 0.1) is 17.8 Å². The molecule has 2 aromatic rings. The molecule has 0 spiro atoms. The third-order valence-electron chi connectivity index (χ3n) is 7.02. The molecule has 8 nitrogen and oxygen atoms in total. The average Bonchev–Trinajstić information content (AvgIpc) is 3.60. The first-order chi connectivity index (χ1) is 15.1. The summed E-state index contributed by atoms with van der Waals surface area (Å²) >= 11 is 0. The molecule has 0 aromatic carbocycles. The van der Waals surface area contributed by atoms with Gasteiger partial charge in [0.15, 0.2) is 0 Å². The van der Waals surface area contributed by atoms with Crippen LogP contribution >= 0.6 is 0 Å². The number of hydrogen-bond acceptors (Lipinski definition) is 5. The maximum atomic E-state index is 13.4. The highest BCUT2D eigenvalue weighted by Crippen LogP contribution is 2.37. The van der Waals surface area contributed by atoms with Gasteiger partial charge in [0.1, 0.15) is 5.82 Å². The second-order valence-electron chi connectivity index (χ2n) is 9.30. The van der Waals surface area contributed by atoms with Crippen molar-refractivity contribution >= 4 is 23.3 Å². The lowest BCUT2D eigenvalue weighted by Crippen LogP contribution is -2.49. The van der Waals surface area contributed by atoms with E-state index in [1.165, 1.54) is 0 Å². The third-order valence-corrected chi connectivity index (χ3v) is 7.02. The number of piperidine rings is 1. The van der Waals surface area contributed by atoms with Crippen molar-refractivity contribution in [3.8, 4) is 0 Å². The molecule has 6 rings (SSSR count). The number of rotatable bonds is 3. The summed E-state index contributed by atoms with van der Waals surface area (Å²) in [4.78, 5) is 46.3. The van der Waals surface area contributed by atoms with E-state index < -0.39 is 0 Å². The number of nitrogens with zero attached hydrogens (tertiary/aromatic N) is 4. The van der Waals surface area contributed by atoms with Crippen LogP contribution in [0.1, 0.15) is 41.2 Å². The van der Waals surface area contributed by atoms with Crippen molar-refractivity contribution in [2.75, 3.05) is 36.4 Å². The molecule has 2 atom stereocenters. The SMILES string of the molecule is O=C(c1cnc2c(c1)N(CC1CC1)C(=O)CN2)N1C[C@@H]2C[C@H](C1)c1cccc(=O)n1C2. The van der Waals surface area contributed by atoms with Crippen LogP contribution in [0.3, 0.4) is 0 Å². The van der Waals surface area contributed by atoms with Gasteiger partial charge in [0, 0.05) is 50.1 Å². The summed E-state index contributed by atoms with van der Waals surface area (Å²) in [6.45, 7) is 2.83. The van der Waals surface area contributed by atoms with Crippen LogP contribution < -0.4 is 15.8 Å². The van der Waals surface area contributed by atoms with Crippen molar-refractivity contribution in [2.24, 2.45) is 11.8 Å². The first-order valence-electron chi connectivity index (χ1n) is 11.1. The molecule has 1 saturated heterocycles. The van der Waals surface area contributed by atoms with Gasteiger partial charge < -0.3 is 19.7 Å². The standard InChI is InChI=1S/C23H25N5O3/c29-20-3-1-2-18-17-6-15(12-27(18)20)10-26(13-17)23(31)16-7-19-22(24-8-16)25-9-21(30)28(19)11-14-4-5-14/h1-3,7-8,14-15,17H,4-6,9-13H2,(H,24,25)/t15-,17+/m0/s1. The first-order valence-corrected chi connectivity index (χ1v) is 11.1. The highest BCUT2D eigenvalue weighted by molar-refractivity contribution is 6.04. The number of carbonyl (C=O) groups is 2. The lowest BCUT2D eigenvalue weighted by atomic mass is 9.83. The quantitative estimate of drug-likeness (QED) is 0.818. The van der Waals surface area contributed by atoms with E-state index >= 15 is 0 Å². The normalized spacial score (nSPS) is 24.3. The number of fused-ring (bicyclic) bond motifs is 5. The van der Waals surface area contributed by atoms with Crippen LogP contribution in [0.2, 0.25) is 0 Å². The van der Waals surface area contributed by atoms with Crippen LogP contribution in [0.15, 0.2) is 35.3 Å². The summed E-state index contributed by atoms with van der Waals surface area (Å²) in [5.74, 6) is 1.64. The number of nitrogens with one attached hydrogen (secondary N) is 1. The van der Waals surface area contributed by atoms with Crippen molar-refractivity contribution in [3.63, 3.8) is 0 Å². The monoisotopic (exact) mass is 419 g/mol. The maximum Gasteiger partial charge on any atom is 0.255 e. The molecule has 2 amide bonds. The molecule has 1 N–H and O–H groups in total. The topological polar surface area (TPSA) is 87.5 Å². The summed E-state index contributed by atoms with van der Waals surface area (Å²) in [5, 5.41) is 3.07. The van der Waals surface area contributed by atoms with Crippen LogP contribution in [0, 0.1) is 11.8 Å². The maximum absolute atomic E-state index is 13.4. The Morgan fingerprint density at radius 1 is 1.16 bits per heavy atom. The minimum atomic E-state index is -0.0545. The van der Waals surface area contributed by atoms with Crippen molar-refractivity contribution in [2.45, 2.75) is 31.7 Å². The molecular weight excluding hydrogens is 394 g/mol. The highest BCUT2D eigenvalue weighted by atomic mass is 16.2. The molecule has 2 fully saturated rings. The van der Waals surface area contributed by atoms with Gasteiger partial charge in [-0.25, -0.2) is 4.98 Å². The van der Waals surface area contributed by atoms with E-state index in [2.05, 4.69) is 10.3 Å². The molecule has 5 heterocycles. The molecule has 2 aromatic heterocycles. The highest BCUT2D eigenvalue weighted by Gasteiger charge is 2.37. The lowest BCUT2D eigenvalue weighted by Gasteiger charge is -2.42. The predicted molar refractivity (Wildman–Crippen MR) is 115 cm³/mol. The molecule has 8 heteroatoms. The molecule has 31 heavy (non-hydrogen) atoms. The van der Waals surface area contributed by atoms with Crippen molar-refractivity contribution in [1.29, 1.82) is 0 Å². The minimum Gasteiger partial charge on any atom is -0.359 e. The van der Waals surface area contributed by atoms with Gasteiger partial charge in [0.2, 0.25) is 5.91 Å². The zero-order chi connectivity index (χ0) is 21.1. The smallest absolute Gasteiger partial charge is 0.255 e. The van der Waals surface area contributed by atoms with Gasteiger partial charge in [-0.2, -0.15) is 0 Å². The van der Waals surface area contributed by atoms with Gasteiger partial charge in [-0.1, -0.05) is 6.07 Å². The second-order valence-corrected chi connectivity index (χ2v) is 9.30. The van der Waals surface area contributed by atoms with Crippen LogP contribution in [-0.4, -0.2) is 52.4 Å². The minimum absolute atomic E-state index is 0.0281. The van der Waals surface area contributed by atoms with E-state index in [1.54, 1.807) is 23.2 Å².